The number of carboxylic acid groups (broad SMARTS) is 1. The van der Waals surface area contributed by atoms with Crippen molar-refractivity contribution in [1.29, 1.82) is 0 Å². The van der Waals surface area contributed by atoms with Crippen molar-refractivity contribution in [3.8, 4) is 11.1 Å². The molecule has 0 unspecified atom stereocenters. The van der Waals surface area contributed by atoms with Crippen LogP contribution in [-0.2, 0) is 0 Å². The number of aromatic amines is 1. The quantitative estimate of drug-likeness (QED) is 0.240. The number of likely N-dealkylation sites (tertiary alicyclic amines) is 1. The van der Waals surface area contributed by atoms with Gasteiger partial charge in [0.15, 0.2) is 11.5 Å². The van der Waals surface area contributed by atoms with E-state index in [9.17, 15) is 14.7 Å². The lowest BCUT2D eigenvalue weighted by atomic mass is 9.99. The van der Waals surface area contributed by atoms with Gasteiger partial charge in [0.1, 0.15) is 11.2 Å². The summed E-state index contributed by atoms with van der Waals surface area (Å²) in [7, 11) is 5.46. The minimum Gasteiger partial charge on any atom is -0.477 e. The fraction of sp³-hybridized carbons (Fsp3) is 0.310. The Labute approximate surface area is 243 Å². The second-order valence-corrected chi connectivity index (χ2v) is 11.4. The Morgan fingerprint density at radius 1 is 1.19 bits per heavy atom. The Morgan fingerprint density at radius 2 is 2.00 bits per heavy atom. The number of hydrogen-bond acceptors (Lipinski definition) is 8. The highest BCUT2D eigenvalue weighted by atomic mass is 35.5. The summed E-state index contributed by atoms with van der Waals surface area (Å²) < 4.78 is 17.3. The summed E-state index contributed by atoms with van der Waals surface area (Å²) in [4.78, 5) is 42.3. The monoisotopic (exact) mass is 590 g/mol. The van der Waals surface area contributed by atoms with E-state index in [4.69, 9.17) is 16.6 Å². The van der Waals surface area contributed by atoms with Gasteiger partial charge in [-0.1, -0.05) is 11.6 Å². The summed E-state index contributed by atoms with van der Waals surface area (Å²) in [5.74, 6) is -1.43. The summed E-state index contributed by atoms with van der Waals surface area (Å²) in [5, 5.41) is 13.8. The van der Waals surface area contributed by atoms with E-state index >= 15 is 4.39 Å². The van der Waals surface area contributed by atoms with E-state index in [-0.39, 0.29) is 27.7 Å². The molecule has 0 saturated carbocycles. The van der Waals surface area contributed by atoms with Gasteiger partial charge >= 0.3 is 5.97 Å². The highest BCUT2D eigenvalue weighted by Crippen LogP contribution is 2.47. The topological polar surface area (TPSA) is 131 Å². The normalized spacial score (nSPS) is 18.8. The van der Waals surface area contributed by atoms with Gasteiger partial charge in [0.25, 0.3) is 0 Å². The Balaban J connectivity index is 1.57. The Bertz CT molecular complexity index is 2010. The fourth-order valence-corrected chi connectivity index (χ4v) is 6.98. The standard InChI is InChI=1S/C29H28ClFN8O3/c1-32-19-7-18(30)23(31)21-22-25(38-5-4-13-10-37(3)12-20(13)38)16(9-34-27(22)36-24(19)21)14-6-15-26(40)17(29(41)42)11-39(33-2)28(15)35-8-14/h6-9,11,13,20,32-33H,4-5,10,12H2,1-3H3,(H,34,36)(H,41,42)/t13-,20+/m0/s1. The maximum Gasteiger partial charge on any atom is 0.341 e. The largest absolute Gasteiger partial charge is 0.477 e. The van der Waals surface area contributed by atoms with Crippen molar-refractivity contribution in [3.63, 3.8) is 0 Å². The number of anilines is 2. The number of nitrogens with one attached hydrogen (secondary N) is 3. The molecule has 2 aliphatic heterocycles. The van der Waals surface area contributed by atoms with E-state index in [1.807, 2.05) is 0 Å². The van der Waals surface area contributed by atoms with Crippen LogP contribution in [0.15, 0.2) is 35.5 Å². The van der Waals surface area contributed by atoms with Crippen LogP contribution >= 0.6 is 11.6 Å². The van der Waals surface area contributed by atoms with Crippen molar-refractivity contribution in [2.45, 2.75) is 12.5 Å². The molecule has 0 amide bonds. The number of likely N-dealkylation sites (N-methyl/N-ethyl adjacent to an activating group) is 1. The number of hydrogen-bond donors (Lipinski definition) is 4. The summed E-state index contributed by atoms with van der Waals surface area (Å²) in [6, 6.07) is 3.39. The molecule has 1 aromatic carbocycles. The Hall–Kier alpha value is -4.42. The zero-order chi connectivity index (χ0) is 29.4. The molecule has 4 N–H and O–H groups in total. The molecule has 6 heterocycles. The van der Waals surface area contributed by atoms with E-state index in [2.05, 4.69) is 37.6 Å². The van der Waals surface area contributed by atoms with Gasteiger partial charge in [-0.25, -0.2) is 23.8 Å². The molecule has 13 heteroatoms. The first-order chi connectivity index (χ1) is 20.2. The highest BCUT2D eigenvalue weighted by molar-refractivity contribution is 6.33. The van der Waals surface area contributed by atoms with Gasteiger partial charge in [-0.3, -0.25) is 4.79 Å². The van der Waals surface area contributed by atoms with Crippen LogP contribution in [0.3, 0.4) is 0 Å². The summed E-state index contributed by atoms with van der Waals surface area (Å²) in [5.41, 5.74) is 5.84. The number of benzene rings is 1. The third-order valence-electron chi connectivity index (χ3n) is 8.68. The van der Waals surface area contributed by atoms with E-state index in [1.54, 1.807) is 38.6 Å². The molecule has 7 rings (SSSR count). The van der Waals surface area contributed by atoms with Gasteiger partial charge in [0, 0.05) is 69.5 Å². The number of carboxylic acids is 1. The number of fused-ring (bicyclic) bond motifs is 5. The maximum absolute atomic E-state index is 15.9. The number of aromatic nitrogens is 4. The molecular formula is C29H28ClFN8O3. The van der Waals surface area contributed by atoms with Gasteiger partial charge in [-0.2, -0.15) is 0 Å². The second kappa shape index (κ2) is 9.57. The number of nitrogens with zero attached hydrogens (tertiary/aromatic N) is 5. The van der Waals surface area contributed by atoms with Crippen LogP contribution in [0.4, 0.5) is 15.8 Å². The molecule has 2 fully saturated rings. The fourth-order valence-electron chi connectivity index (χ4n) is 6.78. The van der Waals surface area contributed by atoms with E-state index in [0.717, 1.165) is 31.7 Å². The number of aromatic carboxylic acids is 1. The van der Waals surface area contributed by atoms with E-state index in [1.165, 1.54) is 10.9 Å². The summed E-state index contributed by atoms with van der Waals surface area (Å²) in [6.45, 7) is 2.59. The number of halogens is 2. The van der Waals surface area contributed by atoms with Gasteiger partial charge < -0.3 is 30.6 Å². The van der Waals surface area contributed by atoms with Gasteiger partial charge in [0.05, 0.1) is 38.1 Å². The molecular weight excluding hydrogens is 563 g/mol. The van der Waals surface area contributed by atoms with Gasteiger partial charge in [-0.15, -0.1) is 0 Å². The number of H-pyrrole nitrogens is 1. The predicted octanol–water partition coefficient (Wildman–Crippen LogP) is 3.94. The highest BCUT2D eigenvalue weighted by Gasteiger charge is 2.42. The zero-order valence-corrected chi connectivity index (χ0v) is 23.9. The molecule has 4 aromatic heterocycles. The molecule has 2 aliphatic rings. The molecule has 0 radical (unpaired) electrons. The molecule has 2 saturated heterocycles. The van der Waals surface area contributed by atoms with Crippen molar-refractivity contribution < 1.29 is 14.3 Å². The zero-order valence-electron chi connectivity index (χ0n) is 23.1. The third kappa shape index (κ3) is 3.75. The van der Waals surface area contributed by atoms with Crippen LogP contribution in [0.5, 0.6) is 0 Å². The molecule has 0 aliphatic carbocycles. The number of rotatable bonds is 5. The maximum atomic E-state index is 15.9. The lowest BCUT2D eigenvalue weighted by molar-refractivity contribution is 0.0695. The molecule has 0 bridgehead atoms. The number of pyridine rings is 3. The number of carbonyl (C=O) groups is 1. The van der Waals surface area contributed by atoms with E-state index < -0.39 is 17.2 Å². The van der Waals surface area contributed by atoms with Gasteiger partial charge in [0.2, 0.25) is 5.43 Å². The van der Waals surface area contributed by atoms with Crippen LogP contribution < -0.4 is 21.1 Å². The van der Waals surface area contributed by atoms with Crippen molar-refractivity contribution in [2.75, 3.05) is 56.4 Å². The first-order valence-corrected chi connectivity index (χ1v) is 14.0. The molecule has 216 valence electrons. The first-order valence-electron chi connectivity index (χ1n) is 13.6. The molecule has 42 heavy (non-hydrogen) atoms. The Morgan fingerprint density at radius 3 is 2.74 bits per heavy atom. The Kier molecular flexibility index (Phi) is 6.03. The van der Waals surface area contributed by atoms with Crippen LogP contribution in [0.25, 0.3) is 44.1 Å². The lowest BCUT2D eigenvalue weighted by Gasteiger charge is -2.29. The van der Waals surface area contributed by atoms with Crippen molar-refractivity contribution in [3.05, 3.63) is 57.3 Å². The first kappa shape index (κ1) is 26.5. The average Bonchev–Trinajstić information content (AvgIpc) is 3.66. The predicted molar refractivity (Wildman–Crippen MR) is 162 cm³/mol. The molecule has 11 nitrogen and oxygen atoms in total. The average molecular weight is 591 g/mol. The molecule has 5 aromatic rings. The smallest absolute Gasteiger partial charge is 0.341 e. The van der Waals surface area contributed by atoms with Crippen LogP contribution in [0, 0.1) is 11.7 Å². The minimum atomic E-state index is -1.33. The molecule has 0 spiro atoms. The van der Waals surface area contributed by atoms with Crippen LogP contribution in [-0.4, -0.2) is 82.4 Å². The lowest BCUT2D eigenvalue weighted by Crippen LogP contribution is -2.35. The van der Waals surface area contributed by atoms with Gasteiger partial charge in [-0.05, 0) is 31.5 Å². The second-order valence-electron chi connectivity index (χ2n) is 11.0. The van der Waals surface area contributed by atoms with Crippen molar-refractivity contribution in [2.24, 2.45) is 5.92 Å². The van der Waals surface area contributed by atoms with E-state index in [0.29, 0.717) is 44.7 Å². The van der Waals surface area contributed by atoms with Crippen molar-refractivity contribution in [1.82, 2.24) is 24.5 Å². The summed E-state index contributed by atoms with van der Waals surface area (Å²) >= 11 is 6.39. The SMILES string of the molecule is CNc1cc(Cl)c(F)c2c1[nH]c1ncc(-c3cnc4c(c3)c(=O)c(C(=O)O)cn4NC)c(N3CC[C@H]4CN(C)C[C@H]43)c12. The third-order valence-corrected chi connectivity index (χ3v) is 8.95. The molecule has 2 atom stereocenters. The minimum absolute atomic E-state index is 0.00908. The van der Waals surface area contributed by atoms with Crippen LogP contribution in [0.2, 0.25) is 5.02 Å². The van der Waals surface area contributed by atoms with Crippen LogP contribution in [0.1, 0.15) is 16.8 Å². The summed E-state index contributed by atoms with van der Waals surface area (Å²) in [6.07, 6.45) is 5.54. The van der Waals surface area contributed by atoms with Crippen molar-refractivity contribution >= 4 is 61.9 Å².